The van der Waals surface area contributed by atoms with Gasteiger partial charge in [0, 0.05) is 31.4 Å². The Balaban J connectivity index is 2.69. The van der Waals surface area contributed by atoms with Crippen LogP contribution in [-0.4, -0.2) is 27.4 Å². The lowest BCUT2D eigenvalue weighted by Gasteiger charge is -2.11. The minimum Gasteiger partial charge on any atom is -0.481 e. The van der Waals surface area contributed by atoms with Gasteiger partial charge in [0.2, 0.25) is 0 Å². The van der Waals surface area contributed by atoms with Crippen molar-refractivity contribution in [3.8, 4) is 0 Å². The predicted molar refractivity (Wildman–Crippen MR) is 56.4 cm³/mol. The molecule has 1 heterocycles. The average Bonchev–Trinajstić information content (AvgIpc) is 2.62. The third-order valence-corrected chi connectivity index (χ3v) is 2.33. The highest BCUT2D eigenvalue weighted by Gasteiger charge is 2.17. The van der Waals surface area contributed by atoms with Gasteiger partial charge in [0.05, 0.1) is 5.92 Å². The lowest BCUT2D eigenvalue weighted by molar-refractivity contribution is -0.141. The molecule has 0 radical (unpaired) electrons. The second kappa shape index (κ2) is 5.50. The summed E-state index contributed by atoms with van der Waals surface area (Å²) in [6, 6.07) is 1.85. The third kappa shape index (κ3) is 3.06. The van der Waals surface area contributed by atoms with Gasteiger partial charge in [-0.15, -0.1) is 0 Å². The second-order valence-corrected chi connectivity index (χ2v) is 3.52. The van der Waals surface area contributed by atoms with Gasteiger partial charge < -0.3 is 10.8 Å². The molecule has 0 aliphatic heterocycles. The first kappa shape index (κ1) is 11.7. The van der Waals surface area contributed by atoms with Crippen molar-refractivity contribution in [3.63, 3.8) is 0 Å². The number of aliphatic carboxylic acids is 1. The van der Waals surface area contributed by atoms with Crippen molar-refractivity contribution >= 4 is 5.97 Å². The summed E-state index contributed by atoms with van der Waals surface area (Å²) in [5.41, 5.74) is 6.34. The fourth-order valence-electron chi connectivity index (χ4n) is 1.47. The van der Waals surface area contributed by atoms with E-state index in [-0.39, 0.29) is 6.54 Å². The zero-order valence-electron chi connectivity index (χ0n) is 8.89. The number of aryl methyl sites for hydroxylation is 1. The van der Waals surface area contributed by atoms with E-state index >= 15 is 0 Å². The fraction of sp³-hybridized carbons (Fsp3) is 0.600. The molecule has 0 fully saturated rings. The summed E-state index contributed by atoms with van der Waals surface area (Å²) in [7, 11) is 0. The number of carbonyl (C=O) groups is 1. The zero-order chi connectivity index (χ0) is 11.3. The molecular formula is C10H17N3O2. The van der Waals surface area contributed by atoms with Crippen LogP contribution in [0.1, 0.15) is 19.0 Å². The fourth-order valence-corrected chi connectivity index (χ4v) is 1.47. The molecule has 3 N–H and O–H groups in total. The molecule has 1 rings (SSSR count). The smallest absolute Gasteiger partial charge is 0.308 e. The van der Waals surface area contributed by atoms with E-state index in [0.29, 0.717) is 6.42 Å². The highest BCUT2D eigenvalue weighted by molar-refractivity contribution is 5.70. The van der Waals surface area contributed by atoms with Gasteiger partial charge in [-0.3, -0.25) is 9.48 Å². The van der Waals surface area contributed by atoms with E-state index in [4.69, 9.17) is 10.8 Å². The average molecular weight is 211 g/mol. The molecule has 5 heteroatoms. The Labute approximate surface area is 88.9 Å². The van der Waals surface area contributed by atoms with Crippen molar-refractivity contribution in [2.45, 2.75) is 26.3 Å². The van der Waals surface area contributed by atoms with Crippen LogP contribution >= 0.6 is 0 Å². The Morgan fingerprint density at radius 2 is 2.47 bits per heavy atom. The van der Waals surface area contributed by atoms with Crippen LogP contribution in [0.4, 0.5) is 0 Å². The molecule has 1 atom stereocenters. The van der Waals surface area contributed by atoms with Crippen LogP contribution in [0.3, 0.4) is 0 Å². The number of rotatable bonds is 6. The largest absolute Gasteiger partial charge is 0.481 e. The number of nitrogens with zero attached hydrogens (tertiary/aromatic N) is 2. The van der Waals surface area contributed by atoms with E-state index in [9.17, 15) is 4.79 Å². The molecule has 84 valence electrons. The summed E-state index contributed by atoms with van der Waals surface area (Å²) in [4.78, 5) is 10.8. The Morgan fingerprint density at radius 3 is 3.00 bits per heavy atom. The first-order chi connectivity index (χ1) is 7.19. The van der Waals surface area contributed by atoms with E-state index in [2.05, 4.69) is 12.0 Å². The summed E-state index contributed by atoms with van der Waals surface area (Å²) in [5.74, 6) is -1.36. The molecule has 0 bridgehead atoms. The maximum absolute atomic E-state index is 10.8. The topological polar surface area (TPSA) is 81.1 Å². The Kier molecular flexibility index (Phi) is 4.30. The van der Waals surface area contributed by atoms with Crippen LogP contribution in [0.2, 0.25) is 0 Å². The van der Waals surface area contributed by atoms with Crippen LogP contribution < -0.4 is 5.73 Å². The Bertz CT molecular complexity index is 322. The van der Waals surface area contributed by atoms with Gasteiger partial charge >= 0.3 is 5.97 Å². The van der Waals surface area contributed by atoms with Crippen molar-refractivity contribution < 1.29 is 9.90 Å². The van der Waals surface area contributed by atoms with Crippen molar-refractivity contribution in [1.82, 2.24) is 9.78 Å². The molecule has 1 aromatic heterocycles. The van der Waals surface area contributed by atoms with Crippen molar-refractivity contribution in [2.24, 2.45) is 11.7 Å². The number of hydrogen-bond donors (Lipinski definition) is 2. The second-order valence-electron chi connectivity index (χ2n) is 3.52. The standard InChI is InChI=1S/C10H17N3O2/c1-2-5-13-9(3-4-12-13)6-8(7-11)10(14)15/h3-4,8H,2,5-7,11H2,1H3,(H,14,15). The summed E-state index contributed by atoms with van der Waals surface area (Å²) >= 11 is 0. The Morgan fingerprint density at radius 1 is 1.73 bits per heavy atom. The third-order valence-electron chi connectivity index (χ3n) is 2.33. The first-order valence-electron chi connectivity index (χ1n) is 5.12. The van der Waals surface area contributed by atoms with Crippen LogP contribution in [0, 0.1) is 5.92 Å². The quantitative estimate of drug-likeness (QED) is 0.717. The van der Waals surface area contributed by atoms with Gasteiger partial charge in [-0.1, -0.05) is 6.92 Å². The lowest BCUT2D eigenvalue weighted by Crippen LogP contribution is -2.26. The van der Waals surface area contributed by atoms with E-state index in [1.54, 1.807) is 6.20 Å². The number of hydrogen-bond acceptors (Lipinski definition) is 3. The number of nitrogens with two attached hydrogens (primary N) is 1. The summed E-state index contributed by atoms with van der Waals surface area (Å²) in [6.45, 7) is 3.04. The van der Waals surface area contributed by atoms with Gasteiger partial charge in [0.15, 0.2) is 0 Å². The first-order valence-corrected chi connectivity index (χ1v) is 5.12. The molecule has 1 unspecified atom stereocenters. The van der Waals surface area contributed by atoms with Crippen molar-refractivity contribution in [3.05, 3.63) is 18.0 Å². The van der Waals surface area contributed by atoms with E-state index in [1.165, 1.54) is 0 Å². The molecule has 0 amide bonds. The van der Waals surface area contributed by atoms with Crippen LogP contribution in [0.15, 0.2) is 12.3 Å². The Hall–Kier alpha value is -1.36. The highest BCUT2D eigenvalue weighted by atomic mass is 16.4. The maximum atomic E-state index is 10.8. The van der Waals surface area contributed by atoms with Crippen molar-refractivity contribution in [2.75, 3.05) is 6.54 Å². The van der Waals surface area contributed by atoms with E-state index < -0.39 is 11.9 Å². The van der Waals surface area contributed by atoms with E-state index in [0.717, 1.165) is 18.7 Å². The molecule has 5 nitrogen and oxygen atoms in total. The molecule has 1 aromatic rings. The van der Waals surface area contributed by atoms with Gasteiger partial charge in [-0.05, 0) is 12.5 Å². The van der Waals surface area contributed by atoms with Gasteiger partial charge in [0.1, 0.15) is 0 Å². The van der Waals surface area contributed by atoms with Gasteiger partial charge in [0.25, 0.3) is 0 Å². The SMILES string of the molecule is CCCn1nccc1CC(CN)C(=O)O. The molecule has 0 spiro atoms. The molecule has 15 heavy (non-hydrogen) atoms. The number of aromatic nitrogens is 2. The van der Waals surface area contributed by atoms with Crippen LogP contribution in [0.5, 0.6) is 0 Å². The minimum atomic E-state index is -0.846. The summed E-state index contributed by atoms with van der Waals surface area (Å²) in [6.07, 6.45) is 3.13. The highest BCUT2D eigenvalue weighted by Crippen LogP contribution is 2.08. The number of carboxylic acids is 1. The van der Waals surface area contributed by atoms with E-state index in [1.807, 2.05) is 10.7 Å². The van der Waals surface area contributed by atoms with Crippen molar-refractivity contribution in [1.29, 1.82) is 0 Å². The monoisotopic (exact) mass is 211 g/mol. The van der Waals surface area contributed by atoms with Gasteiger partial charge in [-0.25, -0.2) is 0 Å². The molecular weight excluding hydrogens is 194 g/mol. The predicted octanol–water partition coefficient (Wildman–Crippen LogP) is 0.495. The lowest BCUT2D eigenvalue weighted by atomic mass is 10.0. The van der Waals surface area contributed by atoms with Gasteiger partial charge in [-0.2, -0.15) is 5.10 Å². The number of carboxylic acid groups (broad SMARTS) is 1. The maximum Gasteiger partial charge on any atom is 0.308 e. The molecule has 0 aliphatic rings. The molecule has 0 aliphatic carbocycles. The zero-order valence-corrected chi connectivity index (χ0v) is 8.89. The minimum absolute atomic E-state index is 0.159. The molecule has 0 aromatic carbocycles. The summed E-state index contributed by atoms with van der Waals surface area (Å²) in [5, 5.41) is 13.0. The molecule has 0 saturated carbocycles. The van der Waals surface area contributed by atoms with Crippen LogP contribution in [0.25, 0.3) is 0 Å². The normalized spacial score (nSPS) is 12.7. The molecule has 0 saturated heterocycles. The summed E-state index contributed by atoms with van der Waals surface area (Å²) < 4.78 is 1.84. The van der Waals surface area contributed by atoms with Crippen LogP contribution in [-0.2, 0) is 17.8 Å².